The molecular weight excluding hydrogens is 80.0 g/mol. The fraction of sp³-hybridized carbons (Fsp3) is 1.00. The van der Waals surface area contributed by atoms with Gasteiger partial charge < -0.3 is 10.2 Å². The summed E-state index contributed by atoms with van der Waals surface area (Å²) in [5.41, 5.74) is 0. The fourth-order valence-corrected chi connectivity index (χ4v) is 0.112. The van der Waals surface area contributed by atoms with Gasteiger partial charge in [0.05, 0.1) is 0 Å². The van der Waals surface area contributed by atoms with E-state index in [2.05, 4.69) is 0 Å². The maximum Gasteiger partial charge on any atom is 0.0431 e. The average Bonchev–Trinajstić information content (AvgIpc) is 1.88. The van der Waals surface area contributed by atoms with Crippen molar-refractivity contribution in [2.45, 2.75) is 12.7 Å². The molecule has 0 rings (SSSR count). The van der Waals surface area contributed by atoms with Gasteiger partial charge in [-0.1, -0.05) is 0 Å². The molecule has 0 spiro atoms. The molecule has 0 atom stereocenters. The average molecular weight is 94.1 g/mol. The lowest BCUT2D eigenvalue weighted by molar-refractivity contribution is 0.242. The van der Waals surface area contributed by atoms with Gasteiger partial charge in [0, 0.05) is 18.7 Å². The van der Waals surface area contributed by atoms with Crippen molar-refractivity contribution in [1.82, 2.24) is 0 Å². The number of hydrogen-bond acceptors (Lipinski definition) is 2. The van der Waals surface area contributed by atoms with Crippen molar-refractivity contribution in [3.63, 3.8) is 0 Å². The Bertz CT molecular complexity index is 99.8. The van der Waals surface area contributed by atoms with Crippen molar-refractivity contribution in [2.24, 2.45) is 0 Å². The van der Waals surface area contributed by atoms with Crippen LogP contribution in [0.4, 0.5) is 0 Å². The molecule has 0 aromatic heterocycles. The minimum Gasteiger partial charge on any atom is -0.396 e. The Morgan fingerprint density at radius 3 is 1.67 bits per heavy atom. The van der Waals surface area contributed by atoms with Crippen molar-refractivity contribution < 1.29 is 15.7 Å². The maximum atomic E-state index is 8.33. The van der Waals surface area contributed by atoms with Gasteiger partial charge >= 0.3 is 0 Å². The highest BCUT2D eigenvalue weighted by Gasteiger charge is 1.77. The first-order valence-electron chi connectivity index (χ1n) is 3.59. The third kappa shape index (κ3) is 3.92. The summed E-state index contributed by atoms with van der Waals surface area (Å²) in [6, 6.07) is 0. The van der Waals surface area contributed by atoms with Crippen molar-refractivity contribution in [3.05, 3.63) is 0 Å². The summed E-state index contributed by atoms with van der Waals surface area (Å²) in [5.74, 6) is 0. The molecule has 0 unspecified atom stereocenters. The van der Waals surface area contributed by atoms with Crippen molar-refractivity contribution in [2.75, 3.05) is 13.2 Å². The van der Waals surface area contributed by atoms with E-state index >= 15 is 0 Å². The lowest BCUT2D eigenvalue weighted by atomic mass is 10.3. The third-order valence-electron chi connectivity index (χ3n) is 0.283. The Balaban J connectivity index is 4.28. The largest absolute Gasteiger partial charge is 0.396 e. The molecule has 0 aliphatic heterocycles. The van der Waals surface area contributed by atoms with E-state index in [1.165, 1.54) is 0 Å². The summed E-state index contributed by atoms with van der Waals surface area (Å²) in [4.78, 5) is 0. The first-order valence-corrected chi connectivity index (χ1v) is 1.59. The van der Waals surface area contributed by atoms with E-state index in [9.17, 15) is 0 Å². The van der Waals surface area contributed by atoms with Crippen LogP contribution in [0, 0.1) is 0 Å². The SMILES string of the molecule is [2H]C([2H])(CO)C([2H])([2H])CO. The smallest absolute Gasteiger partial charge is 0.0431 e. The molecule has 2 nitrogen and oxygen atoms in total. The van der Waals surface area contributed by atoms with E-state index in [1.807, 2.05) is 0 Å². The third-order valence-corrected chi connectivity index (χ3v) is 0.283. The molecule has 0 saturated heterocycles. The first-order chi connectivity index (χ1) is 4.37. The van der Waals surface area contributed by atoms with E-state index in [4.69, 9.17) is 15.7 Å². The lowest BCUT2D eigenvalue weighted by Crippen LogP contribution is -1.85. The molecule has 2 N–H and O–H groups in total. The number of aliphatic hydroxyl groups is 2. The van der Waals surface area contributed by atoms with Gasteiger partial charge in [0.15, 0.2) is 0 Å². The van der Waals surface area contributed by atoms with Gasteiger partial charge in [0.1, 0.15) is 0 Å². The zero-order valence-electron chi connectivity index (χ0n) is 7.31. The van der Waals surface area contributed by atoms with Crippen LogP contribution in [-0.2, 0) is 0 Å². The molecule has 0 aromatic rings. The summed E-state index contributed by atoms with van der Waals surface area (Å²) in [7, 11) is 0. The number of hydrogen-bond donors (Lipinski definition) is 2. The normalized spacial score (nSPS) is 23.7. The van der Waals surface area contributed by atoms with Crippen molar-refractivity contribution >= 4 is 0 Å². The van der Waals surface area contributed by atoms with Crippen LogP contribution in [0.15, 0.2) is 0 Å². The van der Waals surface area contributed by atoms with Crippen molar-refractivity contribution in [1.29, 1.82) is 0 Å². The molecule has 6 heavy (non-hydrogen) atoms. The second kappa shape index (κ2) is 4.92. The van der Waals surface area contributed by atoms with Crippen LogP contribution >= 0.6 is 0 Å². The Kier molecular flexibility index (Phi) is 1.48. The van der Waals surface area contributed by atoms with E-state index in [1.54, 1.807) is 0 Å². The molecule has 0 aliphatic rings. The summed E-state index contributed by atoms with van der Waals surface area (Å²) in [6.07, 6.45) is -4.75. The van der Waals surface area contributed by atoms with Crippen LogP contribution in [0.3, 0.4) is 0 Å². The molecule has 0 radical (unpaired) electrons. The Morgan fingerprint density at radius 1 is 1.17 bits per heavy atom. The Hall–Kier alpha value is -0.0800. The second-order valence-electron chi connectivity index (χ2n) is 0.670. The van der Waals surface area contributed by atoms with Crippen LogP contribution in [0.5, 0.6) is 0 Å². The molecule has 0 fully saturated rings. The van der Waals surface area contributed by atoms with Crippen molar-refractivity contribution in [3.8, 4) is 0 Å². The molecule has 2 heteroatoms. The first kappa shape index (κ1) is 1.80. The van der Waals surface area contributed by atoms with Crippen LogP contribution in [0.2, 0.25) is 0 Å². The minimum absolute atomic E-state index is 0.930. The minimum atomic E-state index is -2.37. The van der Waals surface area contributed by atoms with Gasteiger partial charge in [-0.25, -0.2) is 0 Å². The summed E-state index contributed by atoms with van der Waals surface area (Å²) in [6.45, 7) is -1.86. The molecule has 0 bridgehead atoms. The number of rotatable bonds is 3. The predicted molar refractivity (Wildman–Crippen MR) is 23.4 cm³/mol. The van der Waals surface area contributed by atoms with E-state index < -0.39 is 26.0 Å². The van der Waals surface area contributed by atoms with Gasteiger partial charge in [-0.05, 0) is 12.7 Å². The van der Waals surface area contributed by atoms with E-state index in [-0.39, 0.29) is 0 Å². The van der Waals surface area contributed by atoms with Crippen LogP contribution in [-0.4, -0.2) is 23.4 Å². The predicted octanol–water partition coefficient (Wildman–Crippen LogP) is -0.249. The van der Waals surface area contributed by atoms with Gasteiger partial charge in [-0.3, -0.25) is 0 Å². The van der Waals surface area contributed by atoms with E-state index in [0.29, 0.717) is 0 Å². The zero-order chi connectivity index (χ0) is 8.41. The lowest BCUT2D eigenvalue weighted by Gasteiger charge is -1.85. The van der Waals surface area contributed by atoms with Gasteiger partial charge in [0.2, 0.25) is 0 Å². The highest BCUT2D eigenvalue weighted by molar-refractivity contribution is 4.30. The highest BCUT2D eigenvalue weighted by Crippen LogP contribution is 1.80. The highest BCUT2D eigenvalue weighted by atomic mass is 16.3. The molecule has 0 heterocycles. The molecular formula is C4H10O2. The van der Waals surface area contributed by atoms with Gasteiger partial charge in [0.25, 0.3) is 0 Å². The van der Waals surface area contributed by atoms with Gasteiger partial charge in [-0.2, -0.15) is 0 Å². The van der Waals surface area contributed by atoms with E-state index in [0.717, 1.165) is 0 Å². The maximum absolute atomic E-state index is 8.33. The number of aliphatic hydroxyl groups excluding tert-OH is 2. The Labute approximate surface area is 43.0 Å². The molecule has 0 saturated carbocycles. The topological polar surface area (TPSA) is 40.5 Å². The summed E-state index contributed by atoms with van der Waals surface area (Å²) in [5, 5.41) is 16.7. The van der Waals surface area contributed by atoms with Crippen LogP contribution < -0.4 is 0 Å². The molecule has 0 aromatic carbocycles. The van der Waals surface area contributed by atoms with Crippen LogP contribution in [0.1, 0.15) is 18.2 Å². The summed E-state index contributed by atoms with van der Waals surface area (Å²) < 4.78 is 27.4. The zero-order valence-corrected chi connectivity index (χ0v) is 3.31. The fourth-order valence-electron chi connectivity index (χ4n) is 0.112. The standard InChI is InChI=1S/C4H10O2/c5-3-1-2-4-6/h5-6H,1-4H2/i1D2,2D2. The monoisotopic (exact) mass is 94.1 g/mol. The molecule has 38 valence electrons. The molecule has 0 amide bonds. The summed E-state index contributed by atoms with van der Waals surface area (Å²) >= 11 is 0. The second-order valence-corrected chi connectivity index (χ2v) is 0.670. The molecule has 0 aliphatic carbocycles. The van der Waals surface area contributed by atoms with Crippen LogP contribution in [0.25, 0.3) is 0 Å². The quantitative estimate of drug-likeness (QED) is 0.506. The Morgan fingerprint density at radius 2 is 1.50 bits per heavy atom. The van der Waals surface area contributed by atoms with Gasteiger partial charge in [-0.15, -0.1) is 0 Å².